The molecule has 1 aromatic carbocycles. The van der Waals surface area contributed by atoms with Crippen LogP contribution in [0.1, 0.15) is 36.5 Å². The zero-order valence-electron chi connectivity index (χ0n) is 12.5. The monoisotopic (exact) mass is 289 g/mol. The summed E-state index contributed by atoms with van der Waals surface area (Å²) in [6.45, 7) is 7.25. The van der Waals surface area contributed by atoms with Gasteiger partial charge in [0.15, 0.2) is 0 Å². The molecule has 20 heavy (non-hydrogen) atoms. The predicted molar refractivity (Wildman–Crippen MR) is 86.9 cm³/mol. The van der Waals surface area contributed by atoms with Crippen LogP contribution in [0.2, 0.25) is 0 Å². The molecular weight excluding hydrogens is 266 g/mol. The average molecular weight is 289 g/mol. The normalized spacial score (nSPS) is 11.2. The average Bonchev–Trinajstić information content (AvgIpc) is 2.87. The number of rotatable bonds is 7. The molecular formula is C17H23NOS. The summed E-state index contributed by atoms with van der Waals surface area (Å²) in [7, 11) is 0. The van der Waals surface area contributed by atoms with Gasteiger partial charge in [0, 0.05) is 11.8 Å². The summed E-state index contributed by atoms with van der Waals surface area (Å²) in [6, 6.07) is 13.2. The number of nitrogens with one attached hydrogen (secondary N) is 1. The van der Waals surface area contributed by atoms with Crippen LogP contribution < -0.4 is 5.32 Å². The third-order valence-electron chi connectivity index (χ3n) is 3.16. The van der Waals surface area contributed by atoms with Crippen molar-refractivity contribution in [3.63, 3.8) is 0 Å². The maximum absolute atomic E-state index is 5.82. The van der Waals surface area contributed by atoms with Crippen molar-refractivity contribution in [2.24, 2.45) is 0 Å². The van der Waals surface area contributed by atoms with Crippen LogP contribution in [0.15, 0.2) is 40.8 Å². The Hall–Kier alpha value is -1.19. The van der Waals surface area contributed by atoms with Gasteiger partial charge in [-0.25, -0.2) is 0 Å². The molecule has 0 aliphatic heterocycles. The summed E-state index contributed by atoms with van der Waals surface area (Å²) in [5, 5.41) is 3.36. The minimum atomic E-state index is 0.485. The van der Waals surface area contributed by atoms with Crippen molar-refractivity contribution in [2.75, 3.05) is 0 Å². The molecule has 3 heteroatoms. The lowest BCUT2D eigenvalue weighted by molar-refractivity contribution is 0.445. The summed E-state index contributed by atoms with van der Waals surface area (Å²) in [6.07, 6.45) is 0. The molecule has 0 unspecified atom stereocenters. The molecule has 0 aliphatic rings. The highest BCUT2D eigenvalue weighted by Crippen LogP contribution is 2.21. The Bertz CT molecular complexity index is 533. The lowest BCUT2D eigenvalue weighted by Gasteiger charge is -2.05. The van der Waals surface area contributed by atoms with Crippen LogP contribution in [-0.2, 0) is 18.1 Å². The van der Waals surface area contributed by atoms with E-state index in [1.54, 1.807) is 0 Å². The molecule has 0 amide bonds. The van der Waals surface area contributed by atoms with Gasteiger partial charge in [-0.2, -0.15) is 0 Å². The molecule has 0 radical (unpaired) electrons. The fourth-order valence-electron chi connectivity index (χ4n) is 1.93. The van der Waals surface area contributed by atoms with Crippen molar-refractivity contribution in [1.82, 2.24) is 5.32 Å². The molecule has 2 rings (SSSR count). The number of hydrogen-bond donors (Lipinski definition) is 1. The second-order valence-electron chi connectivity index (χ2n) is 5.32. The quantitative estimate of drug-likeness (QED) is 0.811. The minimum absolute atomic E-state index is 0.485. The zero-order valence-corrected chi connectivity index (χ0v) is 13.3. The van der Waals surface area contributed by atoms with E-state index in [1.165, 1.54) is 11.1 Å². The molecule has 1 heterocycles. The first-order chi connectivity index (χ1) is 9.65. The van der Waals surface area contributed by atoms with E-state index in [-0.39, 0.29) is 0 Å². The zero-order chi connectivity index (χ0) is 14.4. The highest BCUT2D eigenvalue weighted by molar-refractivity contribution is 7.97. The highest BCUT2D eigenvalue weighted by atomic mass is 32.2. The van der Waals surface area contributed by atoms with Crippen LogP contribution in [0.3, 0.4) is 0 Å². The molecule has 0 fully saturated rings. The Morgan fingerprint density at radius 2 is 1.80 bits per heavy atom. The van der Waals surface area contributed by atoms with Crippen molar-refractivity contribution in [3.8, 4) is 0 Å². The van der Waals surface area contributed by atoms with Gasteiger partial charge in [0.25, 0.3) is 0 Å². The number of aryl methyl sites for hydroxylation is 1. The van der Waals surface area contributed by atoms with Gasteiger partial charge in [-0.1, -0.05) is 38.1 Å². The number of thioether (sulfide) groups is 1. The summed E-state index contributed by atoms with van der Waals surface area (Å²) in [5.41, 5.74) is 2.77. The van der Waals surface area contributed by atoms with Gasteiger partial charge in [-0.05, 0) is 30.2 Å². The Morgan fingerprint density at radius 3 is 2.55 bits per heavy atom. The molecule has 1 N–H and O–H groups in total. The Balaban J connectivity index is 1.78. The van der Waals surface area contributed by atoms with Gasteiger partial charge in [-0.3, -0.25) is 0 Å². The Morgan fingerprint density at radius 1 is 1.05 bits per heavy atom. The summed E-state index contributed by atoms with van der Waals surface area (Å²) in [5.74, 6) is 4.04. The first-order valence-corrected chi connectivity index (χ1v) is 8.24. The van der Waals surface area contributed by atoms with Crippen molar-refractivity contribution in [3.05, 3.63) is 59.0 Å². The van der Waals surface area contributed by atoms with Gasteiger partial charge in [0.1, 0.15) is 11.5 Å². The second-order valence-corrected chi connectivity index (χ2v) is 6.31. The van der Waals surface area contributed by atoms with Gasteiger partial charge < -0.3 is 9.73 Å². The second kappa shape index (κ2) is 7.55. The number of benzene rings is 1. The van der Waals surface area contributed by atoms with E-state index in [2.05, 4.69) is 62.5 Å². The Kier molecular flexibility index (Phi) is 5.74. The van der Waals surface area contributed by atoms with Crippen LogP contribution >= 0.6 is 11.8 Å². The standard InChI is InChI=1S/C17H23NOS/c1-13(2)18-10-16-8-9-17(19-16)12-20-11-15-7-5-4-6-14(15)3/h4-9,13,18H,10-12H2,1-3H3. The first-order valence-electron chi connectivity index (χ1n) is 7.08. The lowest BCUT2D eigenvalue weighted by atomic mass is 10.1. The van der Waals surface area contributed by atoms with Crippen molar-refractivity contribution >= 4 is 11.8 Å². The van der Waals surface area contributed by atoms with Gasteiger partial charge in [0.05, 0.1) is 12.3 Å². The van der Waals surface area contributed by atoms with E-state index in [9.17, 15) is 0 Å². The van der Waals surface area contributed by atoms with Crippen LogP contribution in [0, 0.1) is 6.92 Å². The van der Waals surface area contributed by atoms with Gasteiger partial charge in [-0.15, -0.1) is 11.8 Å². The van der Waals surface area contributed by atoms with Crippen molar-refractivity contribution < 1.29 is 4.42 Å². The largest absolute Gasteiger partial charge is 0.464 e. The highest BCUT2D eigenvalue weighted by Gasteiger charge is 2.04. The lowest BCUT2D eigenvalue weighted by Crippen LogP contribution is -2.21. The topological polar surface area (TPSA) is 25.2 Å². The number of hydrogen-bond acceptors (Lipinski definition) is 3. The molecule has 2 nitrogen and oxygen atoms in total. The van der Waals surface area contributed by atoms with E-state index in [4.69, 9.17) is 4.42 Å². The molecule has 0 saturated heterocycles. The van der Waals surface area contributed by atoms with Crippen LogP contribution in [-0.4, -0.2) is 6.04 Å². The molecule has 1 aromatic heterocycles. The van der Waals surface area contributed by atoms with Crippen LogP contribution in [0.25, 0.3) is 0 Å². The maximum atomic E-state index is 5.82. The van der Waals surface area contributed by atoms with E-state index in [0.29, 0.717) is 6.04 Å². The maximum Gasteiger partial charge on any atom is 0.118 e. The molecule has 2 aromatic rings. The molecule has 0 bridgehead atoms. The van der Waals surface area contributed by atoms with Gasteiger partial charge in [0.2, 0.25) is 0 Å². The summed E-state index contributed by atoms with van der Waals surface area (Å²) >= 11 is 1.90. The minimum Gasteiger partial charge on any atom is -0.464 e. The fourth-order valence-corrected chi connectivity index (χ4v) is 2.94. The van der Waals surface area contributed by atoms with E-state index < -0.39 is 0 Å². The SMILES string of the molecule is Cc1ccccc1CSCc1ccc(CNC(C)C)o1. The van der Waals surface area contributed by atoms with Crippen molar-refractivity contribution in [1.29, 1.82) is 0 Å². The van der Waals surface area contributed by atoms with Gasteiger partial charge >= 0.3 is 0 Å². The fraction of sp³-hybridized carbons (Fsp3) is 0.412. The Labute approximate surface area is 126 Å². The van der Waals surface area contributed by atoms with Crippen LogP contribution in [0.4, 0.5) is 0 Å². The smallest absolute Gasteiger partial charge is 0.118 e. The van der Waals surface area contributed by atoms with E-state index in [1.807, 2.05) is 11.8 Å². The molecule has 0 saturated carbocycles. The molecule has 0 atom stereocenters. The molecule has 108 valence electrons. The van der Waals surface area contributed by atoms with E-state index >= 15 is 0 Å². The third kappa shape index (κ3) is 4.73. The van der Waals surface area contributed by atoms with Crippen molar-refractivity contribution in [2.45, 2.75) is 44.9 Å². The van der Waals surface area contributed by atoms with E-state index in [0.717, 1.165) is 29.6 Å². The summed E-state index contributed by atoms with van der Waals surface area (Å²) < 4.78 is 5.82. The number of furan rings is 1. The summed E-state index contributed by atoms with van der Waals surface area (Å²) in [4.78, 5) is 0. The molecule has 0 spiro atoms. The predicted octanol–water partition coefficient (Wildman–Crippen LogP) is 4.52. The first kappa shape index (κ1) is 15.2. The third-order valence-corrected chi connectivity index (χ3v) is 4.17. The van der Waals surface area contributed by atoms with Crippen LogP contribution in [0.5, 0.6) is 0 Å². The molecule has 0 aliphatic carbocycles.